The van der Waals surface area contributed by atoms with Crippen molar-refractivity contribution in [3.8, 4) is 0 Å². The van der Waals surface area contributed by atoms with E-state index >= 15 is 0 Å². The number of aromatic nitrogens is 4. The van der Waals surface area contributed by atoms with Gasteiger partial charge in [-0.25, -0.2) is 40.3 Å². The molecule has 8 aliphatic heterocycles. The van der Waals surface area contributed by atoms with Crippen molar-refractivity contribution in [2.24, 2.45) is 66.6 Å². The summed E-state index contributed by atoms with van der Waals surface area (Å²) in [6, 6.07) is -0.189. The monoisotopic (exact) mass is 749 g/mol. The zero-order valence-electron chi connectivity index (χ0n) is 28.7. The molecule has 10 heterocycles. The lowest BCUT2D eigenvalue weighted by Gasteiger charge is -2.31. The van der Waals surface area contributed by atoms with Gasteiger partial charge >= 0.3 is 6.02 Å². The maximum absolute atomic E-state index is 9.03. The van der Waals surface area contributed by atoms with Crippen LogP contribution in [0.1, 0.15) is 6.92 Å². The lowest BCUT2D eigenvalue weighted by molar-refractivity contribution is 0.0484. The molecule has 2 aromatic rings. The highest BCUT2D eigenvalue weighted by molar-refractivity contribution is 6.22. The molecule has 0 radical (unpaired) electrons. The molecule has 0 saturated carbocycles. The summed E-state index contributed by atoms with van der Waals surface area (Å²) in [6.45, 7) is 6.51. The number of hydrogen-bond donors (Lipinski definition) is 4. The van der Waals surface area contributed by atoms with Crippen LogP contribution in [0.2, 0.25) is 0 Å². The van der Waals surface area contributed by atoms with Gasteiger partial charge in [0.1, 0.15) is 0 Å². The summed E-state index contributed by atoms with van der Waals surface area (Å²) < 4.78 is 0. The summed E-state index contributed by atoms with van der Waals surface area (Å²) in [5.41, 5.74) is 10.3. The van der Waals surface area contributed by atoms with Gasteiger partial charge in [-0.15, -0.1) is 25.9 Å². The fourth-order valence-corrected chi connectivity index (χ4v) is 4.17. The second-order valence-corrected chi connectivity index (χ2v) is 10.6. The molecule has 0 bridgehead atoms. The molecule has 0 fully saturated rings. The van der Waals surface area contributed by atoms with Gasteiger partial charge in [-0.2, -0.15) is 15.2 Å². The van der Waals surface area contributed by atoms with Gasteiger partial charge in [0.25, 0.3) is 6.35 Å². The zero-order chi connectivity index (χ0) is 38.4. The number of allylic oxidation sites excluding steroid dienone is 4. The van der Waals surface area contributed by atoms with E-state index in [1.165, 1.54) is 24.8 Å². The number of fused-ring (bicyclic) bond motifs is 5. The Bertz CT molecular complexity index is 2230. The molecule has 26 nitrogen and oxygen atoms in total. The summed E-state index contributed by atoms with van der Waals surface area (Å²) in [6.07, 6.45) is 22.3. The number of rotatable bonds is 0. The van der Waals surface area contributed by atoms with E-state index in [9.17, 15) is 0 Å². The third kappa shape index (κ3) is 10.7. The summed E-state index contributed by atoms with van der Waals surface area (Å²) in [7, 11) is 0. The molecule has 8 aliphatic rings. The van der Waals surface area contributed by atoms with Crippen LogP contribution in [0.5, 0.6) is 0 Å². The standard InChI is InChI=1S/C7H8N4.C6H7N5.C6H6N4O.2C5H5N5O/c1-7-6-10-4-2-3-5-11(10)9-8-7;1-6-7-9-11-5-3-2-4-10(11)8-6;11-4-3-9-5-6(10-4)8-2-1-7-5;2*6-5-9-3-4(10-11-5)8-2-1-7-3/h2-5H,1,6H2;2-5H,1H3;1-2,4,11H,3H2;1-2,5H,6H2;1-2,4,6,10H. The van der Waals surface area contributed by atoms with Crippen molar-refractivity contribution in [1.82, 2.24) is 45.8 Å². The van der Waals surface area contributed by atoms with Gasteiger partial charge in [0.2, 0.25) is 11.0 Å². The molecule has 5 N–H and O–H groups in total. The van der Waals surface area contributed by atoms with Crippen LogP contribution in [-0.2, 0) is 9.68 Å². The fraction of sp³-hybridized carbons (Fsp3) is 0.207. The minimum atomic E-state index is -0.751. The third-order valence-electron chi connectivity index (χ3n) is 6.49. The predicted octanol–water partition coefficient (Wildman–Crippen LogP) is -2.01. The zero-order valence-corrected chi connectivity index (χ0v) is 28.7. The van der Waals surface area contributed by atoms with E-state index in [4.69, 9.17) is 16.2 Å². The van der Waals surface area contributed by atoms with Gasteiger partial charge in [0.05, 0.1) is 25.0 Å². The molecule has 2 aromatic heterocycles. The van der Waals surface area contributed by atoms with Crippen LogP contribution in [0.25, 0.3) is 0 Å². The first-order chi connectivity index (χ1) is 26.8. The van der Waals surface area contributed by atoms with E-state index < -0.39 is 12.6 Å². The molecular formula is C29H31N23O3. The van der Waals surface area contributed by atoms with Gasteiger partial charge in [-0.05, 0) is 41.7 Å². The number of aliphatic hydroxyl groups excluding tert-OH is 1. The van der Waals surface area contributed by atoms with Crippen LogP contribution in [-0.4, -0.2) is 107 Å². The van der Waals surface area contributed by atoms with E-state index in [0.29, 0.717) is 40.2 Å². The molecule has 0 aliphatic carbocycles. The van der Waals surface area contributed by atoms with Crippen molar-refractivity contribution in [3.63, 3.8) is 0 Å². The van der Waals surface area contributed by atoms with Crippen LogP contribution in [0.3, 0.4) is 0 Å². The van der Waals surface area contributed by atoms with E-state index in [1.807, 2.05) is 47.9 Å². The fourth-order valence-electron chi connectivity index (χ4n) is 4.17. The normalized spacial score (nSPS) is 22.1. The largest absolute Gasteiger partial charge is 0.370 e. The minimum absolute atomic E-state index is 0.189. The maximum Gasteiger partial charge on any atom is 0.330 e. The Morgan fingerprint density at radius 1 is 0.855 bits per heavy atom. The molecule has 0 amide bonds. The number of aliphatic imine (C=N–C) groups is 3. The Morgan fingerprint density at radius 3 is 2.33 bits per heavy atom. The van der Waals surface area contributed by atoms with E-state index in [1.54, 1.807) is 40.9 Å². The number of hydrogen-bond acceptors (Lipinski definition) is 25. The number of amidine groups is 3. The maximum atomic E-state index is 9.03. The second kappa shape index (κ2) is 18.2. The van der Waals surface area contributed by atoms with Gasteiger partial charge in [-0.1, -0.05) is 11.7 Å². The number of nitrogens with two attached hydrogens (primary N) is 1. The van der Waals surface area contributed by atoms with Crippen molar-refractivity contribution in [1.29, 1.82) is 5.41 Å². The highest BCUT2D eigenvalue weighted by Gasteiger charge is 2.22. The van der Waals surface area contributed by atoms with Gasteiger partial charge in [0, 0.05) is 55.8 Å². The molecule has 0 spiro atoms. The Labute approximate surface area is 309 Å². The quantitative estimate of drug-likeness (QED) is 0.227. The number of hydrazone groups is 1. The number of aliphatic hydroxyl groups is 1. The average Bonchev–Trinajstić information content (AvgIpc) is 3.21. The van der Waals surface area contributed by atoms with Crippen molar-refractivity contribution < 1.29 is 14.8 Å². The number of hydroxylamine groups is 1. The first-order valence-electron chi connectivity index (χ1n) is 15.9. The molecule has 26 heteroatoms. The third-order valence-corrected chi connectivity index (χ3v) is 6.49. The van der Waals surface area contributed by atoms with Gasteiger partial charge in [-0.3, -0.25) is 20.7 Å². The molecule has 3 atom stereocenters. The highest BCUT2D eigenvalue weighted by Crippen LogP contribution is 2.16. The van der Waals surface area contributed by atoms with Crippen LogP contribution < -0.4 is 33.2 Å². The smallest absolute Gasteiger partial charge is 0.330 e. The topological polar surface area (TPSA) is 313 Å². The average molecular weight is 750 g/mol. The molecule has 0 saturated heterocycles. The number of hydrazine groups is 2. The van der Waals surface area contributed by atoms with Crippen LogP contribution in [0.4, 0.5) is 0 Å². The summed E-state index contributed by atoms with van der Waals surface area (Å²) in [5, 5.41) is 45.8. The number of nitrogens with one attached hydrogen (secondary N) is 2. The second-order valence-electron chi connectivity index (χ2n) is 10.6. The molecule has 10 rings (SSSR count). The first-order valence-corrected chi connectivity index (χ1v) is 15.9. The Morgan fingerprint density at radius 2 is 1.53 bits per heavy atom. The lowest BCUT2D eigenvalue weighted by Crippen LogP contribution is -2.41. The van der Waals surface area contributed by atoms with Crippen LogP contribution >= 0.6 is 0 Å². The van der Waals surface area contributed by atoms with E-state index in [-0.39, 0.29) is 18.7 Å². The van der Waals surface area contributed by atoms with E-state index in [0.717, 1.165) is 5.70 Å². The van der Waals surface area contributed by atoms with Crippen molar-refractivity contribution in [2.75, 3.05) is 13.1 Å². The lowest BCUT2D eigenvalue weighted by atomic mass is 10.4. The van der Waals surface area contributed by atoms with E-state index in [2.05, 4.69) is 103 Å². The number of nitrogens with zero attached hydrogens (tertiary/aromatic N) is 20. The summed E-state index contributed by atoms with van der Waals surface area (Å²) in [5.74, 6) is 1.12. The van der Waals surface area contributed by atoms with Crippen LogP contribution in [0, 0.1) is 5.41 Å². The highest BCUT2D eigenvalue weighted by atomic mass is 16.7. The first kappa shape index (κ1) is 37.1. The Hall–Kier alpha value is -7.71. The predicted molar refractivity (Wildman–Crippen MR) is 190 cm³/mol. The molecular weight excluding hydrogens is 718 g/mol. The van der Waals surface area contributed by atoms with Crippen LogP contribution in [0.15, 0.2) is 147 Å². The molecule has 280 valence electrons. The summed E-state index contributed by atoms with van der Waals surface area (Å²) in [4.78, 5) is 48.0. The molecule has 55 heavy (non-hydrogen) atoms. The Kier molecular flexibility index (Phi) is 12.2. The molecule has 3 unspecified atom stereocenters. The van der Waals surface area contributed by atoms with Gasteiger partial charge in [0.15, 0.2) is 35.0 Å². The van der Waals surface area contributed by atoms with Crippen molar-refractivity contribution >= 4 is 30.1 Å². The van der Waals surface area contributed by atoms with Crippen molar-refractivity contribution in [3.05, 3.63) is 108 Å². The van der Waals surface area contributed by atoms with Crippen molar-refractivity contribution in [2.45, 2.75) is 25.7 Å². The Balaban J connectivity index is 0.000000117. The SMILES string of the molecule is C=C1CN2C=CC=CN2N=N1.CC1=NN2C=CC=CN2N=N1.N=C1N=C2N=CC=NC2NO1.NC1N=c2nccnc2=NO1.OC1CN=c2nccnc2=N1. The molecule has 0 aromatic carbocycles. The summed E-state index contributed by atoms with van der Waals surface area (Å²) >= 11 is 0. The van der Waals surface area contributed by atoms with Gasteiger partial charge < -0.3 is 14.8 Å². The minimum Gasteiger partial charge on any atom is -0.370 e.